The molecule has 0 spiro atoms. The van der Waals surface area contributed by atoms with Gasteiger partial charge in [0.15, 0.2) is 9.84 Å². The maximum atomic E-state index is 12.9. The minimum atomic E-state index is -3.21. The van der Waals surface area contributed by atoms with Gasteiger partial charge in [-0.2, -0.15) is 0 Å². The first-order valence-corrected chi connectivity index (χ1v) is 7.12. The van der Waals surface area contributed by atoms with Crippen LogP contribution in [0, 0.1) is 5.82 Å². The Hall–Kier alpha value is -1.88. The SMILES string of the molecule is CS(=O)(=O)c1ccc(-c2ccc(F)cc2N)cc1. The molecule has 0 radical (unpaired) electrons. The maximum Gasteiger partial charge on any atom is 0.175 e. The summed E-state index contributed by atoms with van der Waals surface area (Å²) in [6, 6.07) is 10.4. The fourth-order valence-corrected chi connectivity index (χ4v) is 2.31. The fourth-order valence-electron chi connectivity index (χ4n) is 1.68. The summed E-state index contributed by atoms with van der Waals surface area (Å²) >= 11 is 0. The number of halogens is 1. The predicted molar refractivity (Wildman–Crippen MR) is 69.4 cm³/mol. The van der Waals surface area contributed by atoms with E-state index in [1.165, 1.54) is 24.3 Å². The topological polar surface area (TPSA) is 60.2 Å². The maximum absolute atomic E-state index is 12.9. The van der Waals surface area contributed by atoms with Crippen molar-refractivity contribution in [2.45, 2.75) is 4.90 Å². The zero-order valence-corrected chi connectivity index (χ0v) is 10.5. The van der Waals surface area contributed by atoms with Crippen molar-refractivity contribution in [3.8, 4) is 11.1 Å². The molecule has 2 rings (SSSR count). The van der Waals surface area contributed by atoms with E-state index in [9.17, 15) is 12.8 Å². The minimum Gasteiger partial charge on any atom is -0.398 e. The van der Waals surface area contributed by atoms with Crippen LogP contribution in [0.15, 0.2) is 47.4 Å². The summed E-state index contributed by atoms with van der Waals surface area (Å²) in [6.07, 6.45) is 1.15. The van der Waals surface area contributed by atoms with Gasteiger partial charge in [0.05, 0.1) is 4.90 Å². The van der Waals surface area contributed by atoms with Crippen molar-refractivity contribution in [3.05, 3.63) is 48.3 Å². The van der Waals surface area contributed by atoms with Gasteiger partial charge in [0, 0.05) is 17.5 Å². The van der Waals surface area contributed by atoms with Crippen molar-refractivity contribution in [1.29, 1.82) is 0 Å². The third-order valence-corrected chi connectivity index (χ3v) is 3.74. The van der Waals surface area contributed by atoms with Crippen molar-refractivity contribution in [2.75, 3.05) is 12.0 Å². The number of hydrogen-bond donors (Lipinski definition) is 1. The number of benzene rings is 2. The van der Waals surface area contributed by atoms with Crippen LogP contribution in [0.5, 0.6) is 0 Å². The molecule has 18 heavy (non-hydrogen) atoms. The zero-order valence-electron chi connectivity index (χ0n) is 9.72. The molecule has 0 bridgehead atoms. The first-order chi connectivity index (χ1) is 8.38. The molecule has 0 unspecified atom stereocenters. The summed E-state index contributed by atoms with van der Waals surface area (Å²) in [7, 11) is -3.21. The smallest absolute Gasteiger partial charge is 0.175 e. The second-order valence-electron chi connectivity index (χ2n) is 4.03. The van der Waals surface area contributed by atoms with Gasteiger partial charge >= 0.3 is 0 Å². The number of anilines is 1. The summed E-state index contributed by atoms with van der Waals surface area (Å²) in [5.74, 6) is -0.399. The molecule has 94 valence electrons. The van der Waals surface area contributed by atoms with Crippen LogP contribution in [-0.2, 0) is 9.84 Å². The lowest BCUT2D eigenvalue weighted by atomic mass is 10.0. The normalized spacial score (nSPS) is 11.4. The van der Waals surface area contributed by atoms with E-state index in [0.717, 1.165) is 11.8 Å². The molecule has 0 aliphatic rings. The lowest BCUT2D eigenvalue weighted by molar-refractivity contribution is 0.602. The number of nitrogens with two attached hydrogens (primary N) is 1. The van der Waals surface area contributed by atoms with E-state index in [0.29, 0.717) is 11.3 Å². The molecule has 0 saturated carbocycles. The van der Waals surface area contributed by atoms with Gasteiger partial charge in [0.1, 0.15) is 5.82 Å². The van der Waals surface area contributed by atoms with Crippen LogP contribution in [-0.4, -0.2) is 14.7 Å². The Labute approximate surface area is 105 Å². The molecule has 2 aromatic carbocycles. The van der Waals surface area contributed by atoms with E-state index in [1.807, 2.05) is 0 Å². The first-order valence-electron chi connectivity index (χ1n) is 5.23. The third-order valence-electron chi connectivity index (χ3n) is 2.61. The summed E-state index contributed by atoms with van der Waals surface area (Å²) < 4.78 is 35.6. The predicted octanol–water partition coefficient (Wildman–Crippen LogP) is 2.48. The average Bonchev–Trinajstić information content (AvgIpc) is 2.28. The highest BCUT2D eigenvalue weighted by Crippen LogP contribution is 2.27. The molecule has 0 amide bonds. The highest BCUT2D eigenvalue weighted by molar-refractivity contribution is 7.90. The number of hydrogen-bond acceptors (Lipinski definition) is 3. The molecule has 0 aliphatic heterocycles. The van der Waals surface area contributed by atoms with Gasteiger partial charge in [-0.1, -0.05) is 12.1 Å². The molecule has 0 heterocycles. The summed E-state index contributed by atoms with van der Waals surface area (Å²) in [5.41, 5.74) is 7.47. The van der Waals surface area contributed by atoms with Gasteiger partial charge in [-0.05, 0) is 35.9 Å². The Kier molecular flexibility index (Phi) is 3.09. The highest BCUT2D eigenvalue weighted by atomic mass is 32.2. The van der Waals surface area contributed by atoms with Crippen molar-refractivity contribution >= 4 is 15.5 Å². The van der Waals surface area contributed by atoms with E-state index in [2.05, 4.69) is 0 Å². The zero-order chi connectivity index (χ0) is 13.3. The van der Waals surface area contributed by atoms with E-state index in [4.69, 9.17) is 5.73 Å². The molecule has 3 nitrogen and oxygen atoms in total. The molecular weight excluding hydrogens is 253 g/mol. The molecule has 0 fully saturated rings. The summed E-state index contributed by atoms with van der Waals surface area (Å²) in [5, 5.41) is 0. The fraction of sp³-hybridized carbons (Fsp3) is 0.0769. The van der Waals surface area contributed by atoms with Crippen molar-refractivity contribution < 1.29 is 12.8 Å². The van der Waals surface area contributed by atoms with E-state index >= 15 is 0 Å². The van der Waals surface area contributed by atoms with Gasteiger partial charge in [-0.15, -0.1) is 0 Å². The van der Waals surface area contributed by atoms with Gasteiger partial charge in [0.25, 0.3) is 0 Å². The van der Waals surface area contributed by atoms with Crippen LogP contribution >= 0.6 is 0 Å². The molecule has 0 aromatic heterocycles. The molecular formula is C13H12FNO2S. The second kappa shape index (κ2) is 4.42. The van der Waals surface area contributed by atoms with E-state index in [-0.39, 0.29) is 4.90 Å². The second-order valence-corrected chi connectivity index (χ2v) is 6.04. The van der Waals surface area contributed by atoms with Gasteiger partial charge < -0.3 is 5.73 Å². The minimum absolute atomic E-state index is 0.243. The molecule has 2 N–H and O–H groups in total. The average molecular weight is 265 g/mol. The number of sulfone groups is 1. The van der Waals surface area contributed by atoms with Crippen LogP contribution in [0.3, 0.4) is 0 Å². The summed E-state index contributed by atoms with van der Waals surface area (Å²) in [4.78, 5) is 0.243. The monoisotopic (exact) mass is 265 g/mol. The van der Waals surface area contributed by atoms with Gasteiger partial charge in [-0.3, -0.25) is 0 Å². The lowest BCUT2D eigenvalue weighted by Gasteiger charge is -2.06. The molecule has 5 heteroatoms. The Morgan fingerprint density at radius 1 is 1.06 bits per heavy atom. The highest BCUT2D eigenvalue weighted by Gasteiger charge is 2.08. The Morgan fingerprint density at radius 2 is 1.67 bits per heavy atom. The first kappa shape index (κ1) is 12.6. The van der Waals surface area contributed by atoms with Crippen LogP contribution in [0.2, 0.25) is 0 Å². The van der Waals surface area contributed by atoms with Crippen LogP contribution in [0.1, 0.15) is 0 Å². The number of nitrogen functional groups attached to an aromatic ring is 1. The van der Waals surface area contributed by atoms with Gasteiger partial charge in [-0.25, -0.2) is 12.8 Å². The molecule has 0 atom stereocenters. The molecule has 2 aromatic rings. The lowest BCUT2D eigenvalue weighted by Crippen LogP contribution is -1.97. The molecule has 0 aliphatic carbocycles. The van der Waals surface area contributed by atoms with Crippen LogP contribution in [0.25, 0.3) is 11.1 Å². The Bertz CT molecular complexity index is 679. The van der Waals surface area contributed by atoms with Crippen LogP contribution in [0.4, 0.5) is 10.1 Å². The number of rotatable bonds is 2. The van der Waals surface area contributed by atoms with E-state index < -0.39 is 15.7 Å². The standard InChI is InChI=1S/C13H12FNO2S/c1-18(16,17)11-5-2-9(3-6-11)12-7-4-10(14)8-13(12)15/h2-8H,15H2,1H3. The summed E-state index contributed by atoms with van der Waals surface area (Å²) in [6.45, 7) is 0. The van der Waals surface area contributed by atoms with Crippen molar-refractivity contribution in [2.24, 2.45) is 0 Å². The van der Waals surface area contributed by atoms with Gasteiger partial charge in [0.2, 0.25) is 0 Å². The third kappa shape index (κ3) is 2.51. The van der Waals surface area contributed by atoms with Crippen LogP contribution < -0.4 is 5.73 Å². The quantitative estimate of drug-likeness (QED) is 0.849. The Balaban J connectivity index is 2.47. The molecule has 0 saturated heterocycles. The van der Waals surface area contributed by atoms with E-state index in [1.54, 1.807) is 18.2 Å². The Morgan fingerprint density at radius 3 is 2.17 bits per heavy atom. The largest absolute Gasteiger partial charge is 0.398 e. The van der Waals surface area contributed by atoms with Crippen molar-refractivity contribution in [1.82, 2.24) is 0 Å². The van der Waals surface area contributed by atoms with Crippen molar-refractivity contribution in [3.63, 3.8) is 0 Å².